The van der Waals surface area contributed by atoms with E-state index in [1.165, 1.54) is 10.8 Å². The number of anilines is 1. The second-order valence-corrected chi connectivity index (χ2v) is 10.6. The fraction of sp³-hybridized carbons (Fsp3) is 0.273. The smallest absolute Gasteiger partial charge is 0.408 e. The number of nitrogens with one attached hydrogen (secondary N) is 1. The van der Waals surface area contributed by atoms with Gasteiger partial charge < -0.3 is 9.52 Å². The van der Waals surface area contributed by atoms with Crippen LogP contribution >= 0.6 is 11.3 Å². The summed E-state index contributed by atoms with van der Waals surface area (Å²) in [5.41, 5.74) is 0.535. The molecule has 1 aliphatic carbocycles. The summed E-state index contributed by atoms with van der Waals surface area (Å²) in [5.74, 6) is -1.78. The number of benzene rings is 2. The van der Waals surface area contributed by atoms with Gasteiger partial charge in [-0.25, -0.2) is 22.6 Å². The second-order valence-electron chi connectivity index (χ2n) is 8.08. The van der Waals surface area contributed by atoms with E-state index in [9.17, 15) is 22.7 Å². The van der Waals surface area contributed by atoms with E-state index in [1.807, 2.05) is 18.2 Å². The van der Waals surface area contributed by atoms with Crippen LogP contribution in [0.15, 0.2) is 62.1 Å². The lowest BCUT2D eigenvalue weighted by molar-refractivity contribution is -0.0398. The lowest BCUT2D eigenvalue weighted by Crippen LogP contribution is -2.35. The average molecular weight is 490 g/mol. The van der Waals surface area contributed by atoms with Crippen molar-refractivity contribution in [1.82, 2.24) is 9.55 Å². The first kappa shape index (κ1) is 21.8. The number of halogens is 1. The van der Waals surface area contributed by atoms with Crippen LogP contribution in [-0.2, 0) is 15.6 Å². The van der Waals surface area contributed by atoms with Gasteiger partial charge in [0.2, 0.25) is 0 Å². The number of sulfonamides is 1. The van der Waals surface area contributed by atoms with Crippen molar-refractivity contribution in [1.29, 1.82) is 0 Å². The Labute approximate surface area is 192 Å². The zero-order valence-corrected chi connectivity index (χ0v) is 19.1. The van der Waals surface area contributed by atoms with Crippen molar-refractivity contribution < 1.29 is 22.3 Å². The van der Waals surface area contributed by atoms with Crippen molar-refractivity contribution in [3.63, 3.8) is 0 Å². The van der Waals surface area contributed by atoms with E-state index >= 15 is 0 Å². The SMILES string of the molecule is C[C@H](c1ccccc1C1(O)CCC1)n1c(=O)oc2cc(S(=O)(=O)Nc3nccs3)c(F)cc21. The Morgan fingerprint density at radius 3 is 2.73 bits per heavy atom. The normalized spacial score (nSPS) is 16.5. The van der Waals surface area contributed by atoms with Gasteiger partial charge in [-0.15, -0.1) is 11.3 Å². The Bertz CT molecular complexity index is 1500. The highest BCUT2D eigenvalue weighted by Crippen LogP contribution is 2.44. The predicted molar refractivity (Wildman–Crippen MR) is 121 cm³/mol. The molecule has 11 heteroatoms. The van der Waals surface area contributed by atoms with Gasteiger partial charge in [0.25, 0.3) is 10.0 Å². The molecule has 1 atom stereocenters. The van der Waals surface area contributed by atoms with Gasteiger partial charge in [-0.3, -0.25) is 9.29 Å². The van der Waals surface area contributed by atoms with Gasteiger partial charge in [-0.1, -0.05) is 24.3 Å². The summed E-state index contributed by atoms with van der Waals surface area (Å²) >= 11 is 1.05. The van der Waals surface area contributed by atoms with Crippen molar-refractivity contribution in [2.75, 3.05) is 4.72 Å². The first-order chi connectivity index (χ1) is 15.7. The van der Waals surface area contributed by atoms with Crippen LogP contribution < -0.4 is 10.5 Å². The van der Waals surface area contributed by atoms with Crippen LogP contribution in [0.2, 0.25) is 0 Å². The minimum absolute atomic E-state index is 0.0624. The molecule has 0 bridgehead atoms. The molecule has 8 nitrogen and oxygen atoms in total. The number of nitrogens with zero attached hydrogens (tertiary/aromatic N) is 2. The number of hydrogen-bond donors (Lipinski definition) is 2. The van der Waals surface area contributed by atoms with Crippen LogP contribution in [0.3, 0.4) is 0 Å². The van der Waals surface area contributed by atoms with Gasteiger partial charge in [-0.2, -0.15) is 0 Å². The first-order valence-corrected chi connectivity index (χ1v) is 12.6. The predicted octanol–water partition coefficient (Wildman–Crippen LogP) is 3.97. The van der Waals surface area contributed by atoms with E-state index in [0.717, 1.165) is 35.5 Å². The Hall–Kier alpha value is -3.02. The molecule has 1 saturated carbocycles. The van der Waals surface area contributed by atoms with Crippen molar-refractivity contribution >= 4 is 37.6 Å². The van der Waals surface area contributed by atoms with Crippen LogP contribution in [-0.4, -0.2) is 23.1 Å². The van der Waals surface area contributed by atoms with E-state index in [0.29, 0.717) is 18.4 Å². The Kier molecular flexibility index (Phi) is 5.15. The van der Waals surface area contributed by atoms with E-state index in [2.05, 4.69) is 9.71 Å². The highest BCUT2D eigenvalue weighted by Gasteiger charge is 2.39. The summed E-state index contributed by atoms with van der Waals surface area (Å²) in [6.07, 6.45) is 3.57. The summed E-state index contributed by atoms with van der Waals surface area (Å²) in [7, 11) is -4.28. The van der Waals surface area contributed by atoms with Gasteiger partial charge in [0.05, 0.1) is 17.2 Å². The average Bonchev–Trinajstić information content (AvgIpc) is 3.37. The molecular weight excluding hydrogens is 469 g/mol. The molecule has 1 fully saturated rings. The van der Waals surface area contributed by atoms with Crippen molar-refractivity contribution in [3.05, 3.63) is 75.5 Å². The maximum absolute atomic E-state index is 15.0. The molecule has 2 aromatic heterocycles. The van der Waals surface area contributed by atoms with Gasteiger partial charge in [-0.05, 0) is 37.3 Å². The van der Waals surface area contributed by atoms with Crippen molar-refractivity contribution in [3.8, 4) is 0 Å². The molecule has 33 heavy (non-hydrogen) atoms. The lowest BCUT2D eigenvalue weighted by Gasteiger charge is -2.39. The summed E-state index contributed by atoms with van der Waals surface area (Å²) in [6.45, 7) is 1.75. The van der Waals surface area contributed by atoms with Crippen LogP contribution in [0.5, 0.6) is 0 Å². The summed E-state index contributed by atoms with van der Waals surface area (Å²) in [4.78, 5) is 16.0. The van der Waals surface area contributed by atoms with Crippen molar-refractivity contribution in [2.24, 2.45) is 0 Å². The molecular formula is C22H20FN3O5S2. The Balaban J connectivity index is 1.60. The molecule has 0 radical (unpaired) electrons. The highest BCUT2D eigenvalue weighted by molar-refractivity contribution is 7.93. The van der Waals surface area contributed by atoms with Crippen molar-refractivity contribution in [2.45, 2.75) is 42.7 Å². The molecule has 2 aromatic carbocycles. The minimum Gasteiger partial charge on any atom is -0.408 e. The van der Waals surface area contributed by atoms with Gasteiger partial charge in [0, 0.05) is 23.7 Å². The van der Waals surface area contributed by atoms with Gasteiger partial charge >= 0.3 is 5.76 Å². The summed E-state index contributed by atoms with van der Waals surface area (Å²) in [5, 5.41) is 12.6. The number of hydrogen-bond acceptors (Lipinski definition) is 7. The van der Waals surface area contributed by atoms with Gasteiger partial charge in [0.15, 0.2) is 10.7 Å². The summed E-state index contributed by atoms with van der Waals surface area (Å²) < 4.78 is 49.1. The molecule has 0 unspecified atom stereocenters. The third kappa shape index (κ3) is 3.65. The Morgan fingerprint density at radius 1 is 1.30 bits per heavy atom. The molecule has 4 aromatic rings. The third-order valence-electron chi connectivity index (χ3n) is 6.09. The summed E-state index contributed by atoms with van der Waals surface area (Å²) in [6, 6.07) is 8.66. The third-order valence-corrected chi connectivity index (χ3v) is 8.26. The molecule has 5 rings (SSSR count). The molecule has 172 valence electrons. The number of aromatic nitrogens is 2. The van der Waals surface area contributed by atoms with E-state index in [-0.39, 0.29) is 16.2 Å². The fourth-order valence-corrected chi connectivity index (χ4v) is 6.12. The molecule has 1 aliphatic rings. The highest BCUT2D eigenvalue weighted by atomic mass is 32.2. The Morgan fingerprint density at radius 2 is 2.06 bits per heavy atom. The molecule has 0 amide bonds. The van der Waals surface area contributed by atoms with E-state index < -0.39 is 38.1 Å². The van der Waals surface area contributed by atoms with Crippen LogP contribution in [0, 0.1) is 5.82 Å². The lowest BCUT2D eigenvalue weighted by atomic mass is 9.73. The number of thiazole rings is 1. The van der Waals surface area contributed by atoms with Gasteiger partial charge in [0.1, 0.15) is 10.7 Å². The fourth-order valence-electron chi connectivity index (χ4n) is 4.26. The van der Waals surface area contributed by atoms with E-state index in [1.54, 1.807) is 18.4 Å². The van der Waals surface area contributed by atoms with Crippen LogP contribution in [0.1, 0.15) is 43.4 Å². The van der Waals surface area contributed by atoms with Crippen LogP contribution in [0.4, 0.5) is 9.52 Å². The molecule has 2 N–H and O–H groups in total. The zero-order valence-electron chi connectivity index (χ0n) is 17.5. The zero-order chi connectivity index (χ0) is 23.4. The monoisotopic (exact) mass is 489 g/mol. The number of fused-ring (bicyclic) bond motifs is 1. The standard InChI is InChI=1S/C22H20FN3O5S2/c1-13(14-5-2-3-6-15(14)22(28)7-4-8-22)26-17-11-16(23)19(12-18(17)31-21(26)27)33(29,30)25-20-24-9-10-32-20/h2-3,5-6,9-13,28H,4,7-8H2,1H3,(H,24,25)/t13-/m1/s1. The van der Waals surface area contributed by atoms with Crippen LogP contribution in [0.25, 0.3) is 11.1 Å². The maximum atomic E-state index is 15.0. The molecule has 0 spiro atoms. The van der Waals surface area contributed by atoms with E-state index in [4.69, 9.17) is 4.42 Å². The number of aliphatic hydroxyl groups is 1. The second kappa shape index (κ2) is 7.79. The first-order valence-electron chi connectivity index (χ1n) is 10.3. The minimum atomic E-state index is -4.28. The maximum Gasteiger partial charge on any atom is 0.420 e. The quantitative estimate of drug-likeness (QED) is 0.424. The topological polar surface area (TPSA) is 114 Å². The number of rotatable bonds is 6. The molecule has 0 saturated heterocycles. The molecule has 2 heterocycles. The largest absolute Gasteiger partial charge is 0.420 e. The number of oxazole rings is 1. The molecule has 0 aliphatic heterocycles.